The van der Waals surface area contributed by atoms with Crippen LogP contribution >= 0.6 is 0 Å². The Morgan fingerprint density at radius 2 is 2.29 bits per heavy atom. The lowest BCUT2D eigenvalue weighted by Gasteiger charge is -2.14. The first-order chi connectivity index (χ1) is 8.16. The Morgan fingerprint density at radius 1 is 1.47 bits per heavy atom. The number of nitrogens with one attached hydrogen (secondary N) is 1. The van der Waals surface area contributed by atoms with Crippen LogP contribution in [0.3, 0.4) is 0 Å². The van der Waals surface area contributed by atoms with Crippen molar-refractivity contribution in [3.05, 3.63) is 34.9 Å². The summed E-state index contributed by atoms with van der Waals surface area (Å²) in [5, 5.41) is 3.59. The number of fused-ring (bicyclic) bond motifs is 1. The minimum Gasteiger partial charge on any atom is -0.310 e. The predicted molar refractivity (Wildman–Crippen MR) is 73.8 cm³/mol. The first-order valence-corrected chi connectivity index (χ1v) is 8.02. The van der Waals surface area contributed by atoms with Gasteiger partial charge in [-0.3, -0.25) is 4.21 Å². The highest BCUT2D eigenvalue weighted by Crippen LogP contribution is 2.31. The molecule has 0 saturated carbocycles. The van der Waals surface area contributed by atoms with Crippen LogP contribution in [0.25, 0.3) is 0 Å². The zero-order valence-electron chi connectivity index (χ0n) is 10.7. The van der Waals surface area contributed by atoms with Crippen LogP contribution in [0, 0.1) is 6.92 Å². The van der Waals surface area contributed by atoms with Crippen molar-refractivity contribution in [2.75, 3.05) is 18.6 Å². The lowest BCUT2D eigenvalue weighted by atomic mass is 10.1. The van der Waals surface area contributed by atoms with Crippen molar-refractivity contribution in [2.45, 2.75) is 32.2 Å². The third kappa shape index (κ3) is 3.39. The molecule has 1 aromatic rings. The summed E-state index contributed by atoms with van der Waals surface area (Å²) in [7, 11) is -0.657. The molecule has 1 N–H and O–H groups in total. The topological polar surface area (TPSA) is 29.1 Å². The van der Waals surface area contributed by atoms with E-state index >= 15 is 0 Å². The molecule has 17 heavy (non-hydrogen) atoms. The summed E-state index contributed by atoms with van der Waals surface area (Å²) in [6.45, 7) is 3.12. The molecule has 3 heteroatoms. The zero-order valence-corrected chi connectivity index (χ0v) is 11.5. The summed E-state index contributed by atoms with van der Waals surface area (Å²) in [5.41, 5.74) is 4.31. The molecule has 0 fully saturated rings. The predicted octanol–water partition coefficient (Wildman–Crippen LogP) is 2.34. The van der Waals surface area contributed by atoms with E-state index in [0.29, 0.717) is 6.04 Å². The van der Waals surface area contributed by atoms with Crippen LogP contribution in [-0.4, -0.2) is 22.8 Å². The van der Waals surface area contributed by atoms with Crippen LogP contribution in [0.15, 0.2) is 18.2 Å². The number of benzene rings is 1. The standard InChI is InChI=1S/C14H21NOS/c1-11-4-5-12-6-7-14(13(12)10-11)15-8-3-9-17(2)16/h4-5,10,14-15H,3,6-9H2,1-2H3. The SMILES string of the molecule is Cc1ccc2c(c1)C(NCCCS(C)=O)CC2. The number of hydrogen-bond donors (Lipinski definition) is 1. The Labute approximate surface area is 106 Å². The van der Waals surface area contributed by atoms with Gasteiger partial charge >= 0.3 is 0 Å². The maximum absolute atomic E-state index is 11.0. The smallest absolute Gasteiger partial charge is 0.0326 e. The fourth-order valence-electron chi connectivity index (χ4n) is 2.49. The van der Waals surface area contributed by atoms with Gasteiger partial charge in [0.2, 0.25) is 0 Å². The largest absolute Gasteiger partial charge is 0.310 e. The molecule has 0 radical (unpaired) electrons. The van der Waals surface area contributed by atoms with E-state index in [2.05, 4.69) is 30.4 Å². The summed E-state index contributed by atoms with van der Waals surface area (Å²) in [4.78, 5) is 0. The maximum Gasteiger partial charge on any atom is 0.0326 e. The molecule has 0 saturated heterocycles. The lowest BCUT2D eigenvalue weighted by molar-refractivity contribution is 0.529. The quantitative estimate of drug-likeness (QED) is 0.814. The molecule has 0 bridgehead atoms. The summed E-state index contributed by atoms with van der Waals surface area (Å²) < 4.78 is 11.0. The Bertz CT molecular complexity index is 417. The van der Waals surface area contributed by atoms with E-state index in [1.165, 1.54) is 29.5 Å². The molecule has 0 aromatic heterocycles. The Balaban J connectivity index is 1.88. The van der Waals surface area contributed by atoms with Gasteiger partial charge in [0.1, 0.15) is 0 Å². The van der Waals surface area contributed by atoms with Gasteiger partial charge in [0.05, 0.1) is 0 Å². The van der Waals surface area contributed by atoms with E-state index < -0.39 is 10.8 Å². The van der Waals surface area contributed by atoms with Crippen molar-refractivity contribution in [3.63, 3.8) is 0 Å². The van der Waals surface area contributed by atoms with Crippen molar-refractivity contribution < 1.29 is 4.21 Å². The summed E-state index contributed by atoms with van der Waals surface area (Å²) in [5.74, 6) is 0.806. The second-order valence-electron chi connectivity index (χ2n) is 4.88. The van der Waals surface area contributed by atoms with Gasteiger partial charge in [-0.2, -0.15) is 0 Å². The molecule has 1 aliphatic rings. The summed E-state index contributed by atoms with van der Waals surface area (Å²) in [6, 6.07) is 7.27. The monoisotopic (exact) mass is 251 g/mol. The lowest BCUT2D eigenvalue weighted by Crippen LogP contribution is -2.21. The van der Waals surface area contributed by atoms with Crippen molar-refractivity contribution in [1.29, 1.82) is 0 Å². The first-order valence-electron chi connectivity index (χ1n) is 6.29. The van der Waals surface area contributed by atoms with Gasteiger partial charge in [-0.05, 0) is 43.9 Å². The molecule has 1 aliphatic carbocycles. The van der Waals surface area contributed by atoms with E-state index in [-0.39, 0.29) is 0 Å². The van der Waals surface area contributed by atoms with Crippen molar-refractivity contribution in [3.8, 4) is 0 Å². The van der Waals surface area contributed by atoms with Crippen LogP contribution in [0.2, 0.25) is 0 Å². The molecule has 2 nitrogen and oxygen atoms in total. The van der Waals surface area contributed by atoms with Gasteiger partial charge in [0.25, 0.3) is 0 Å². The second-order valence-corrected chi connectivity index (χ2v) is 6.43. The summed E-state index contributed by atoms with van der Waals surface area (Å²) in [6.07, 6.45) is 5.16. The normalized spacial score (nSPS) is 20.2. The fourth-order valence-corrected chi connectivity index (χ4v) is 3.04. The van der Waals surface area contributed by atoms with Crippen molar-refractivity contribution in [2.24, 2.45) is 0 Å². The van der Waals surface area contributed by atoms with Gasteiger partial charge in [-0.25, -0.2) is 0 Å². The second kappa shape index (κ2) is 5.78. The van der Waals surface area contributed by atoms with Crippen LogP contribution < -0.4 is 5.32 Å². The minimum atomic E-state index is -0.657. The Morgan fingerprint density at radius 3 is 3.06 bits per heavy atom. The minimum absolute atomic E-state index is 0.509. The molecule has 0 spiro atoms. The molecular formula is C14H21NOS. The molecular weight excluding hydrogens is 230 g/mol. The highest BCUT2D eigenvalue weighted by atomic mass is 32.2. The first kappa shape index (κ1) is 12.8. The highest BCUT2D eigenvalue weighted by molar-refractivity contribution is 7.84. The van der Waals surface area contributed by atoms with Gasteiger partial charge < -0.3 is 5.32 Å². The van der Waals surface area contributed by atoms with Crippen molar-refractivity contribution in [1.82, 2.24) is 5.32 Å². The molecule has 94 valence electrons. The van der Waals surface area contributed by atoms with Crippen LogP contribution in [0.1, 0.15) is 35.6 Å². The average molecular weight is 251 g/mol. The molecule has 0 aliphatic heterocycles. The average Bonchev–Trinajstić information content (AvgIpc) is 2.67. The van der Waals surface area contributed by atoms with E-state index in [0.717, 1.165) is 18.7 Å². The van der Waals surface area contributed by atoms with Gasteiger partial charge in [0.15, 0.2) is 0 Å². The molecule has 2 rings (SSSR count). The van der Waals surface area contributed by atoms with Crippen LogP contribution in [0.5, 0.6) is 0 Å². The number of hydrogen-bond acceptors (Lipinski definition) is 2. The highest BCUT2D eigenvalue weighted by Gasteiger charge is 2.21. The van der Waals surface area contributed by atoms with Crippen molar-refractivity contribution >= 4 is 10.8 Å². The summed E-state index contributed by atoms with van der Waals surface area (Å²) >= 11 is 0. The van der Waals surface area contributed by atoms with E-state index in [1.54, 1.807) is 6.26 Å². The maximum atomic E-state index is 11.0. The molecule has 0 heterocycles. The molecule has 2 atom stereocenters. The molecule has 0 amide bonds. The number of rotatable bonds is 5. The van der Waals surface area contributed by atoms with Gasteiger partial charge in [-0.1, -0.05) is 23.8 Å². The van der Waals surface area contributed by atoms with E-state index in [9.17, 15) is 4.21 Å². The zero-order chi connectivity index (χ0) is 12.3. The molecule has 2 unspecified atom stereocenters. The third-order valence-corrected chi connectivity index (χ3v) is 4.24. The third-order valence-electron chi connectivity index (χ3n) is 3.38. The number of aryl methyl sites for hydroxylation is 2. The molecule has 1 aromatic carbocycles. The van der Waals surface area contributed by atoms with E-state index in [1.807, 2.05) is 0 Å². The van der Waals surface area contributed by atoms with Crippen LogP contribution in [0.4, 0.5) is 0 Å². The van der Waals surface area contributed by atoms with Crippen LogP contribution in [-0.2, 0) is 17.2 Å². The van der Waals surface area contributed by atoms with Gasteiger partial charge in [0, 0.05) is 28.9 Å². The Hall–Kier alpha value is -0.670. The Kier molecular flexibility index (Phi) is 4.35. The fraction of sp³-hybridized carbons (Fsp3) is 0.571. The van der Waals surface area contributed by atoms with Gasteiger partial charge in [-0.15, -0.1) is 0 Å². The van der Waals surface area contributed by atoms with E-state index in [4.69, 9.17) is 0 Å².